The number of carbonyl (C=O) groups is 3. The fraction of sp³-hybridized carbons (Fsp3) is 0.115. The topological polar surface area (TPSA) is 78.5 Å². The minimum absolute atomic E-state index is 0.176. The van der Waals surface area contributed by atoms with E-state index in [1.54, 1.807) is 54.6 Å². The van der Waals surface area contributed by atoms with Gasteiger partial charge < -0.3 is 10.6 Å². The summed E-state index contributed by atoms with van der Waals surface area (Å²) in [5.74, 6) is -1.03. The smallest absolute Gasteiger partial charge is 0.282 e. The molecule has 1 heterocycles. The standard InChI is InChI=1S/C26H22ClN3O3/c1-15-4-13-22(16(2)14-15)30-25(32)23(18-5-7-19(27)8-6-18)24(26(30)33)29-21-11-9-20(10-12-21)28-17(3)31/h4-14,29H,1-3H3,(H,28,31). The van der Waals surface area contributed by atoms with E-state index in [-0.39, 0.29) is 17.2 Å². The number of nitrogens with zero attached hydrogens (tertiary/aromatic N) is 1. The second-order valence-corrected chi connectivity index (χ2v) is 8.31. The molecule has 1 aliphatic heterocycles. The van der Waals surface area contributed by atoms with Gasteiger partial charge in [-0.3, -0.25) is 14.4 Å². The zero-order chi connectivity index (χ0) is 23.7. The lowest BCUT2D eigenvalue weighted by molar-refractivity contribution is -0.120. The number of imide groups is 1. The Labute approximate surface area is 196 Å². The second-order valence-electron chi connectivity index (χ2n) is 7.88. The van der Waals surface area contributed by atoms with Gasteiger partial charge in [0.1, 0.15) is 5.70 Å². The van der Waals surface area contributed by atoms with Gasteiger partial charge in [0.15, 0.2) is 0 Å². The molecule has 0 bridgehead atoms. The summed E-state index contributed by atoms with van der Waals surface area (Å²) >= 11 is 6.04. The highest BCUT2D eigenvalue weighted by Crippen LogP contribution is 2.35. The predicted molar refractivity (Wildman–Crippen MR) is 131 cm³/mol. The van der Waals surface area contributed by atoms with Crippen LogP contribution in [0.1, 0.15) is 23.6 Å². The second kappa shape index (κ2) is 8.92. The maximum absolute atomic E-state index is 13.5. The highest BCUT2D eigenvalue weighted by Gasteiger charge is 2.40. The summed E-state index contributed by atoms with van der Waals surface area (Å²) in [7, 11) is 0. The van der Waals surface area contributed by atoms with Crippen molar-refractivity contribution in [3.63, 3.8) is 0 Å². The zero-order valence-corrected chi connectivity index (χ0v) is 19.2. The van der Waals surface area contributed by atoms with Crippen molar-refractivity contribution in [2.24, 2.45) is 0 Å². The molecule has 0 spiro atoms. The maximum Gasteiger partial charge on any atom is 0.282 e. The van der Waals surface area contributed by atoms with Gasteiger partial charge in [-0.1, -0.05) is 41.4 Å². The zero-order valence-electron chi connectivity index (χ0n) is 18.4. The molecule has 3 aromatic carbocycles. The maximum atomic E-state index is 13.5. The third-order valence-electron chi connectivity index (χ3n) is 5.28. The van der Waals surface area contributed by atoms with E-state index in [9.17, 15) is 14.4 Å². The number of hydrogen-bond donors (Lipinski definition) is 2. The molecule has 2 N–H and O–H groups in total. The van der Waals surface area contributed by atoms with Crippen LogP contribution >= 0.6 is 11.6 Å². The quantitative estimate of drug-likeness (QED) is 0.507. The van der Waals surface area contributed by atoms with Crippen molar-refractivity contribution >= 4 is 52.0 Å². The van der Waals surface area contributed by atoms with Crippen LogP contribution in [0.4, 0.5) is 17.1 Å². The average molecular weight is 460 g/mol. The number of nitrogens with one attached hydrogen (secondary N) is 2. The summed E-state index contributed by atoms with van der Waals surface area (Å²) in [6.07, 6.45) is 0. The highest BCUT2D eigenvalue weighted by molar-refractivity contribution is 6.46. The molecular formula is C26H22ClN3O3. The minimum Gasteiger partial charge on any atom is -0.350 e. The average Bonchev–Trinajstić information content (AvgIpc) is 3.00. The summed E-state index contributed by atoms with van der Waals surface area (Å²) in [5, 5.41) is 6.35. The number of rotatable bonds is 5. The van der Waals surface area contributed by atoms with Gasteiger partial charge in [0.05, 0.1) is 11.3 Å². The minimum atomic E-state index is -0.442. The van der Waals surface area contributed by atoms with Gasteiger partial charge in [-0.25, -0.2) is 4.90 Å². The fourth-order valence-corrected chi connectivity index (χ4v) is 3.92. The van der Waals surface area contributed by atoms with Gasteiger partial charge in [0.2, 0.25) is 5.91 Å². The van der Waals surface area contributed by atoms with Crippen molar-refractivity contribution in [1.29, 1.82) is 0 Å². The summed E-state index contributed by atoms with van der Waals surface area (Å²) in [6.45, 7) is 5.26. The van der Waals surface area contributed by atoms with Crippen LogP contribution < -0.4 is 15.5 Å². The molecule has 1 aliphatic rings. The van der Waals surface area contributed by atoms with Gasteiger partial charge >= 0.3 is 0 Å². The molecule has 3 amide bonds. The van der Waals surface area contributed by atoms with E-state index < -0.39 is 11.8 Å². The molecule has 0 fully saturated rings. The van der Waals surface area contributed by atoms with Crippen molar-refractivity contribution in [3.8, 4) is 0 Å². The molecule has 0 atom stereocenters. The number of amides is 3. The lowest BCUT2D eigenvalue weighted by atomic mass is 10.0. The monoisotopic (exact) mass is 459 g/mol. The molecule has 0 saturated carbocycles. The molecule has 0 saturated heterocycles. The Morgan fingerprint density at radius 3 is 2.09 bits per heavy atom. The molecule has 0 aromatic heterocycles. The van der Waals surface area contributed by atoms with E-state index >= 15 is 0 Å². The van der Waals surface area contributed by atoms with Crippen molar-refractivity contribution in [2.45, 2.75) is 20.8 Å². The summed E-state index contributed by atoms with van der Waals surface area (Å²) < 4.78 is 0. The Morgan fingerprint density at radius 2 is 1.48 bits per heavy atom. The van der Waals surface area contributed by atoms with Gasteiger partial charge in [-0.05, 0) is 67.4 Å². The number of benzene rings is 3. The van der Waals surface area contributed by atoms with Gasteiger partial charge in [0, 0.05) is 23.3 Å². The molecule has 0 radical (unpaired) electrons. The first-order chi connectivity index (χ1) is 15.7. The van der Waals surface area contributed by atoms with Crippen LogP contribution in [0.3, 0.4) is 0 Å². The van der Waals surface area contributed by atoms with Gasteiger partial charge in [0.25, 0.3) is 11.8 Å². The number of hydrogen-bond acceptors (Lipinski definition) is 4. The molecule has 4 rings (SSSR count). The lowest BCUT2D eigenvalue weighted by Crippen LogP contribution is -2.33. The lowest BCUT2D eigenvalue weighted by Gasteiger charge is -2.18. The predicted octanol–water partition coefficient (Wildman–Crippen LogP) is 5.31. The van der Waals surface area contributed by atoms with Crippen LogP contribution in [0.25, 0.3) is 5.57 Å². The van der Waals surface area contributed by atoms with Crippen LogP contribution in [-0.4, -0.2) is 17.7 Å². The van der Waals surface area contributed by atoms with Crippen LogP contribution in [-0.2, 0) is 14.4 Å². The van der Waals surface area contributed by atoms with Crippen LogP contribution in [0.15, 0.2) is 72.4 Å². The Bertz CT molecular complexity index is 1300. The molecule has 7 heteroatoms. The Hall–Kier alpha value is -3.90. The number of carbonyl (C=O) groups excluding carboxylic acids is 3. The van der Waals surface area contributed by atoms with Crippen LogP contribution in [0.2, 0.25) is 5.02 Å². The summed E-state index contributed by atoms with van der Waals surface area (Å²) in [5.41, 5.74) is 4.67. The first kappa shape index (κ1) is 22.3. The highest BCUT2D eigenvalue weighted by atomic mass is 35.5. The molecule has 0 aliphatic carbocycles. The van der Waals surface area contributed by atoms with Crippen molar-refractivity contribution in [3.05, 3.63) is 94.1 Å². The Morgan fingerprint density at radius 1 is 0.848 bits per heavy atom. The van der Waals surface area contributed by atoms with Crippen LogP contribution in [0.5, 0.6) is 0 Å². The SMILES string of the molecule is CC(=O)Nc1ccc(NC2=C(c3ccc(Cl)cc3)C(=O)N(c3ccc(C)cc3C)C2=O)cc1. The largest absolute Gasteiger partial charge is 0.350 e. The van der Waals surface area contributed by atoms with E-state index in [0.717, 1.165) is 11.1 Å². The molecule has 0 unspecified atom stereocenters. The normalized spacial score (nSPS) is 13.5. The fourth-order valence-electron chi connectivity index (χ4n) is 3.79. The van der Waals surface area contributed by atoms with Crippen LogP contribution in [0, 0.1) is 13.8 Å². The van der Waals surface area contributed by atoms with Crippen molar-refractivity contribution < 1.29 is 14.4 Å². The Kier molecular flexibility index (Phi) is 6.03. The van der Waals surface area contributed by atoms with E-state index in [0.29, 0.717) is 27.6 Å². The van der Waals surface area contributed by atoms with Gasteiger partial charge in [-0.2, -0.15) is 0 Å². The third-order valence-corrected chi connectivity index (χ3v) is 5.54. The molecule has 166 valence electrons. The summed E-state index contributed by atoms with van der Waals surface area (Å²) in [6, 6.07) is 19.3. The summed E-state index contributed by atoms with van der Waals surface area (Å²) in [4.78, 5) is 39.5. The molecule has 33 heavy (non-hydrogen) atoms. The number of anilines is 3. The van der Waals surface area contributed by atoms with E-state index in [1.807, 2.05) is 26.0 Å². The van der Waals surface area contributed by atoms with E-state index in [4.69, 9.17) is 11.6 Å². The molecule has 6 nitrogen and oxygen atoms in total. The molecule has 3 aromatic rings. The van der Waals surface area contributed by atoms with Gasteiger partial charge in [-0.15, -0.1) is 0 Å². The van der Waals surface area contributed by atoms with Crippen molar-refractivity contribution in [1.82, 2.24) is 0 Å². The molecular weight excluding hydrogens is 438 g/mol. The number of aryl methyl sites for hydroxylation is 2. The van der Waals surface area contributed by atoms with E-state index in [2.05, 4.69) is 10.6 Å². The van der Waals surface area contributed by atoms with Crippen molar-refractivity contribution in [2.75, 3.05) is 15.5 Å². The first-order valence-corrected chi connectivity index (χ1v) is 10.7. The Balaban J connectivity index is 1.76. The number of halogens is 1. The first-order valence-electron chi connectivity index (χ1n) is 10.4. The van der Waals surface area contributed by atoms with E-state index in [1.165, 1.54) is 11.8 Å². The third kappa shape index (κ3) is 4.52.